The van der Waals surface area contributed by atoms with Crippen LogP contribution >= 0.6 is 0 Å². The molecule has 0 saturated heterocycles. The average Bonchev–Trinajstić information content (AvgIpc) is 4.01. The Morgan fingerprint density at radius 3 is 1.36 bits per heavy atom. The largest absolute Gasteiger partial charge is 0.309 e. The summed E-state index contributed by atoms with van der Waals surface area (Å²) in [4.78, 5) is 5.86. The van der Waals surface area contributed by atoms with E-state index in [0.29, 0.717) is 0 Å². The molecule has 0 fully saturated rings. The molecular weight excluding hydrogens is 817 g/mol. The van der Waals surface area contributed by atoms with Crippen molar-refractivity contribution in [3.63, 3.8) is 0 Å². The van der Waals surface area contributed by atoms with E-state index in [2.05, 4.69) is 244 Å². The number of hydrogen-bond acceptors (Lipinski definition) is 1. The number of aromatic nitrogens is 4. The summed E-state index contributed by atoms with van der Waals surface area (Å²) in [5.74, 6) is 0.969. The molecule has 306 valence electrons. The summed E-state index contributed by atoms with van der Waals surface area (Å²) < 4.78 is 7.34. The van der Waals surface area contributed by atoms with Crippen LogP contribution in [0.4, 0.5) is 0 Å². The Kier molecular flexibility index (Phi) is 7.22. The molecule has 10 aromatic carbocycles. The molecule has 2 aliphatic rings. The third-order valence-corrected chi connectivity index (χ3v) is 19.7. The lowest BCUT2D eigenvalue weighted by Gasteiger charge is -2.36. The van der Waals surface area contributed by atoms with Crippen LogP contribution in [0.1, 0.15) is 0 Å². The molecule has 1 spiro atoms. The monoisotopic (exact) mass is 854 g/mol. The van der Waals surface area contributed by atoms with E-state index in [4.69, 9.17) is 4.98 Å². The lowest BCUT2D eigenvalue weighted by molar-refractivity contribution is 1.12. The van der Waals surface area contributed by atoms with Gasteiger partial charge in [0.1, 0.15) is 11.3 Å². The lowest BCUT2D eigenvalue weighted by Crippen LogP contribution is -2.75. The zero-order valence-electron chi connectivity index (χ0n) is 35.7. The van der Waals surface area contributed by atoms with Gasteiger partial charge < -0.3 is 9.13 Å². The zero-order valence-corrected chi connectivity index (χ0v) is 36.7. The van der Waals surface area contributed by atoms with E-state index in [9.17, 15) is 0 Å². The summed E-state index contributed by atoms with van der Waals surface area (Å²) in [6, 6.07) is 85.9. The van der Waals surface area contributed by atoms with E-state index in [-0.39, 0.29) is 0 Å². The van der Waals surface area contributed by atoms with E-state index < -0.39 is 8.07 Å². The Balaban J connectivity index is 1.02. The molecule has 0 amide bonds. The smallest absolute Gasteiger partial charge is 0.183 e. The van der Waals surface area contributed by atoms with Gasteiger partial charge in [-0.2, -0.15) is 0 Å². The summed E-state index contributed by atoms with van der Waals surface area (Å²) >= 11 is 0. The van der Waals surface area contributed by atoms with Gasteiger partial charge >= 0.3 is 0 Å². The van der Waals surface area contributed by atoms with Crippen molar-refractivity contribution in [1.29, 1.82) is 0 Å². The maximum Gasteiger partial charge on any atom is 0.183 e. The number of para-hydroxylation sites is 5. The van der Waals surface area contributed by atoms with Crippen LogP contribution in [0.25, 0.3) is 105 Å². The number of rotatable bonds is 2. The molecule has 2 aliphatic heterocycles. The van der Waals surface area contributed by atoms with Gasteiger partial charge in [0, 0.05) is 38.5 Å². The Morgan fingerprint density at radius 1 is 0.288 bits per heavy atom. The fraction of sp³-hybridized carbons (Fsp3) is 0. The van der Waals surface area contributed by atoms with E-state index in [1.807, 2.05) is 0 Å². The summed E-state index contributed by atoms with van der Waals surface area (Å²) in [6.45, 7) is 0. The van der Waals surface area contributed by atoms with Crippen LogP contribution in [0.5, 0.6) is 0 Å². The lowest BCUT2D eigenvalue weighted by atomic mass is 9.95. The summed E-state index contributed by atoms with van der Waals surface area (Å²) in [7, 11) is -3.07. The third kappa shape index (κ3) is 4.54. The first-order valence-corrected chi connectivity index (χ1v) is 24.8. The minimum atomic E-state index is -3.07. The van der Waals surface area contributed by atoms with Crippen LogP contribution in [0, 0.1) is 0 Å². The first-order chi connectivity index (χ1) is 32.8. The molecule has 4 nitrogen and oxygen atoms in total. The second kappa shape index (κ2) is 13.3. The molecular formula is C61H38N4Si. The molecule has 0 saturated carbocycles. The molecule has 0 aliphatic carbocycles. The number of hydrogen-bond donors (Lipinski definition) is 0. The maximum absolute atomic E-state index is 5.86. The van der Waals surface area contributed by atoms with Crippen LogP contribution in [0.15, 0.2) is 231 Å². The van der Waals surface area contributed by atoms with Crippen molar-refractivity contribution in [2.24, 2.45) is 0 Å². The molecule has 13 aromatic rings. The van der Waals surface area contributed by atoms with E-state index in [1.165, 1.54) is 86.8 Å². The van der Waals surface area contributed by atoms with Gasteiger partial charge in [-0.15, -0.1) is 0 Å². The van der Waals surface area contributed by atoms with Crippen molar-refractivity contribution in [3.05, 3.63) is 231 Å². The predicted molar refractivity (Wildman–Crippen MR) is 277 cm³/mol. The van der Waals surface area contributed by atoms with Crippen LogP contribution < -0.4 is 20.7 Å². The summed E-state index contributed by atoms with van der Waals surface area (Å²) in [6.07, 6.45) is 0. The van der Waals surface area contributed by atoms with Crippen LogP contribution in [0.2, 0.25) is 0 Å². The van der Waals surface area contributed by atoms with Crippen molar-refractivity contribution in [2.45, 2.75) is 0 Å². The fourth-order valence-electron chi connectivity index (χ4n) is 12.2. The van der Waals surface area contributed by atoms with Gasteiger partial charge in [-0.05, 0) is 97.6 Å². The zero-order chi connectivity index (χ0) is 43.1. The molecule has 3 aromatic heterocycles. The molecule has 0 radical (unpaired) electrons. The third-order valence-electron chi connectivity index (χ3n) is 14.7. The molecule has 0 N–H and O–H groups in total. The predicted octanol–water partition coefficient (Wildman–Crippen LogP) is 12.2. The fourth-order valence-corrected chi connectivity index (χ4v) is 17.7. The minimum absolute atomic E-state index is 0.969. The first-order valence-electron chi connectivity index (χ1n) is 22.8. The van der Waals surface area contributed by atoms with Gasteiger partial charge in [0.25, 0.3) is 0 Å². The highest BCUT2D eigenvalue weighted by Crippen LogP contribution is 2.42. The average molecular weight is 855 g/mol. The van der Waals surface area contributed by atoms with Gasteiger partial charge in [-0.3, -0.25) is 4.57 Å². The second-order valence-electron chi connectivity index (χ2n) is 17.8. The molecule has 15 rings (SSSR count). The molecule has 5 heterocycles. The van der Waals surface area contributed by atoms with Crippen molar-refractivity contribution in [2.75, 3.05) is 0 Å². The van der Waals surface area contributed by atoms with Gasteiger partial charge in [0.05, 0.1) is 33.3 Å². The van der Waals surface area contributed by atoms with Gasteiger partial charge in [0.2, 0.25) is 0 Å². The minimum Gasteiger partial charge on any atom is -0.309 e. The Bertz CT molecular complexity index is 4080. The molecule has 5 heteroatoms. The molecule has 66 heavy (non-hydrogen) atoms. The van der Waals surface area contributed by atoms with Crippen molar-refractivity contribution >= 4 is 83.5 Å². The Morgan fingerprint density at radius 2 is 0.727 bits per heavy atom. The number of nitrogens with zero attached hydrogens (tertiary/aromatic N) is 4. The topological polar surface area (TPSA) is 27.7 Å². The summed E-state index contributed by atoms with van der Waals surface area (Å²) in [5, 5.41) is 10.5. The maximum atomic E-state index is 5.86. The second-order valence-corrected chi connectivity index (χ2v) is 21.4. The number of imidazole rings is 1. The van der Waals surface area contributed by atoms with Crippen molar-refractivity contribution < 1.29 is 0 Å². The van der Waals surface area contributed by atoms with Crippen molar-refractivity contribution in [3.8, 4) is 50.7 Å². The van der Waals surface area contributed by atoms with E-state index in [1.54, 1.807) is 0 Å². The van der Waals surface area contributed by atoms with Crippen molar-refractivity contribution in [1.82, 2.24) is 18.7 Å². The van der Waals surface area contributed by atoms with Gasteiger partial charge in [-0.25, -0.2) is 4.98 Å². The Labute approximate surface area is 381 Å². The summed E-state index contributed by atoms with van der Waals surface area (Å²) in [5.41, 5.74) is 16.5. The molecule has 0 atom stereocenters. The number of benzene rings is 10. The quantitative estimate of drug-likeness (QED) is 0.159. The standard InChI is InChI=1S/C61H38N4Si/c1-2-19-41-40(18-1)45-23-6-13-32-56(45)66(57-33-14-7-24-46(41)57)58-34-15-8-25-47(58)61-62-60-54(30-17-31-55(60)65(61)53-29-12-16-35-59(53)66)64-51-28-11-5-22-44(51)48-38-39(36-37-52(48)64)63-49-26-9-3-20-42(49)43-21-4-10-27-50(43)63/h1-38H. The highest BCUT2D eigenvalue weighted by atomic mass is 28.3. The van der Waals surface area contributed by atoms with Crippen LogP contribution in [0.3, 0.4) is 0 Å². The highest BCUT2D eigenvalue weighted by molar-refractivity contribution is 7.22. The van der Waals surface area contributed by atoms with Gasteiger partial charge in [0.15, 0.2) is 8.07 Å². The molecule has 0 bridgehead atoms. The van der Waals surface area contributed by atoms with E-state index >= 15 is 0 Å². The van der Waals surface area contributed by atoms with E-state index in [0.717, 1.165) is 39.3 Å². The van der Waals surface area contributed by atoms with Crippen LogP contribution in [-0.2, 0) is 0 Å². The van der Waals surface area contributed by atoms with Crippen LogP contribution in [-0.4, -0.2) is 26.8 Å². The Hall–Kier alpha value is -8.51. The first kappa shape index (κ1) is 35.9. The highest BCUT2D eigenvalue weighted by Gasteiger charge is 2.50. The SMILES string of the molecule is c1ccc2c(c1)-c1ccccc1[Si]1(c3ccccc3-2)c2ccccc2-c2nc3c(-n4c5ccccc5c5cc(-n6c7ccccc7c7ccccc76)ccc54)cccc3n2-c2ccccc21. The normalized spacial score (nSPS) is 13.3. The van der Waals surface area contributed by atoms with Gasteiger partial charge in [-0.1, -0.05) is 176 Å². The molecule has 0 unspecified atom stereocenters. The number of fused-ring (bicyclic) bond motifs is 22.